The maximum atomic E-state index is 14.1. The lowest BCUT2D eigenvalue weighted by atomic mass is 9.85. The van der Waals surface area contributed by atoms with E-state index in [1.165, 1.54) is 11.0 Å². The molecule has 0 unspecified atom stereocenters. The number of nitrogens with one attached hydrogen (secondary N) is 4. The van der Waals surface area contributed by atoms with Crippen LogP contribution in [0.5, 0.6) is 0 Å². The zero-order chi connectivity index (χ0) is 33.4. The highest BCUT2D eigenvalue weighted by molar-refractivity contribution is 6.37. The van der Waals surface area contributed by atoms with Gasteiger partial charge in [0.1, 0.15) is 24.2 Å². The van der Waals surface area contributed by atoms with E-state index in [2.05, 4.69) is 27.8 Å². The standard InChI is InChI=1S/C33H51N5O7/c1-9-14-34-27(40)21(39)15-35-28(41)24-22-20(33(22,7)8)16-38(24)29(42)26(32(4,5)6)37-31(44)36-23(17(2)3)30(43)45-25(18-10-11-18)19-12-13-19/h9,17-20,22-26H,1,10-16H2,2-8H3,(H,34,40)(H,35,41)(H2,36,37,44)/t20-,22-,23-,24-,26+/m0/s1. The number of fused-ring (bicyclic) bond motifs is 1. The van der Waals surface area contributed by atoms with Crippen LogP contribution in [-0.4, -0.2) is 84.3 Å². The fourth-order valence-electron chi connectivity index (χ4n) is 6.69. The van der Waals surface area contributed by atoms with Crippen molar-refractivity contribution in [1.29, 1.82) is 0 Å². The summed E-state index contributed by atoms with van der Waals surface area (Å²) in [4.78, 5) is 79.8. The van der Waals surface area contributed by atoms with Crippen molar-refractivity contribution >= 4 is 35.5 Å². The quantitative estimate of drug-likeness (QED) is 0.130. The Bertz CT molecular complexity index is 1200. The molecule has 4 aliphatic rings. The third kappa shape index (κ3) is 7.87. The first kappa shape index (κ1) is 34.4. The molecular weight excluding hydrogens is 578 g/mol. The molecule has 5 amide bonds. The van der Waals surface area contributed by atoms with Gasteiger partial charge >= 0.3 is 12.0 Å². The molecule has 12 heteroatoms. The van der Waals surface area contributed by atoms with Crippen LogP contribution in [0.15, 0.2) is 12.7 Å². The van der Waals surface area contributed by atoms with Gasteiger partial charge in [0.25, 0.3) is 5.91 Å². The fourth-order valence-corrected chi connectivity index (χ4v) is 6.69. The first-order valence-electron chi connectivity index (χ1n) is 16.3. The Morgan fingerprint density at radius 2 is 1.58 bits per heavy atom. The van der Waals surface area contributed by atoms with Crippen LogP contribution in [0.2, 0.25) is 0 Å². The number of Topliss-reactive ketones (excluding diaryl/α,β-unsaturated/α-hetero) is 1. The number of esters is 1. The molecular formula is C33H51N5O7. The summed E-state index contributed by atoms with van der Waals surface area (Å²) in [7, 11) is 0. The number of hydrogen-bond donors (Lipinski definition) is 4. The first-order valence-corrected chi connectivity index (χ1v) is 16.3. The smallest absolute Gasteiger partial charge is 0.329 e. The highest BCUT2D eigenvalue weighted by Crippen LogP contribution is 2.65. The summed E-state index contributed by atoms with van der Waals surface area (Å²) in [5.41, 5.74) is -0.927. The van der Waals surface area contributed by atoms with Crippen LogP contribution >= 0.6 is 0 Å². The van der Waals surface area contributed by atoms with Crippen molar-refractivity contribution in [2.45, 2.75) is 98.4 Å². The molecule has 0 radical (unpaired) electrons. The Morgan fingerprint density at radius 1 is 0.978 bits per heavy atom. The van der Waals surface area contributed by atoms with Gasteiger partial charge in [-0.3, -0.25) is 19.2 Å². The normalized spacial score (nSPS) is 24.6. The van der Waals surface area contributed by atoms with Gasteiger partial charge in [0.15, 0.2) is 0 Å². The first-order chi connectivity index (χ1) is 21.0. The van der Waals surface area contributed by atoms with Gasteiger partial charge in [0.05, 0.1) is 6.54 Å². The molecule has 5 atom stereocenters. The van der Waals surface area contributed by atoms with E-state index in [0.29, 0.717) is 18.4 Å². The van der Waals surface area contributed by atoms with E-state index in [-0.39, 0.29) is 35.8 Å². The molecule has 12 nitrogen and oxygen atoms in total. The monoisotopic (exact) mass is 629 g/mol. The van der Waals surface area contributed by atoms with Crippen molar-refractivity contribution in [1.82, 2.24) is 26.2 Å². The predicted octanol–water partition coefficient (Wildman–Crippen LogP) is 1.93. The molecule has 3 aliphatic carbocycles. The molecule has 0 aromatic carbocycles. The van der Waals surface area contributed by atoms with E-state index < -0.39 is 65.6 Å². The maximum Gasteiger partial charge on any atom is 0.329 e. The second-order valence-electron chi connectivity index (χ2n) is 15.2. The summed E-state index contributed by atoms with van der Waals surface area (Å²) in [5.74, 6) is -2.55. The van der Waals surface area contributed by atoms with Gasteiger partial charge in [-0.15, -0.1) is 6.58 Å². The minimum Gasteiger partial charge on any atom is -0.460 e. The number of piperidine rings is 1. The number of carbonyl (C=O) groups is 6. The molecule has 1 saturated heterocycles. The van der Waals surface area contributed by atoms with E-state index in [4.69, 9.17) is 4.74 Å². The molecule has 4 rings (SSSR count). The number of hydrogen-bond acceptors (Lipinski definition) is 7. The number of amides is 5. The molecule has 250 valence electrons. The molecule has 0 bridgehead atoms. The van der Waals surface area contributed by atoms with Crippen molar-refractivity contribution in [3.05, 3.63) is 12.7 Å². The molecule has 4 N–H and O–H groups in total. The highest BCUT2D eigenvalue weighted by atomic mass is 16.5. The van der Waals surface area contributed by atoms with Gasteiger partial charge in [-0.25, -0.2) is 9.59 Å². The summed E-state index contributed by atoms with van der Waals surface area (Å²) in [6.45, 7) is 16.6. The number of urea groups is 1. The molecule has 1 heterocycles. The second-order valence-corrected chi connectivity index (χ2v) is 15.2. The third-order valence-corrected chi connectivity index (χ3v) is 9.86. The molecule has 0 spiro atoms. The molecule has 0 aromatic rings. The van der Waals surface area contributed by atoms with E-state index in [0.717, 1.165) is 25.7 Å². The van der Waals surface area contributed by atoms with Gasteiger partial charge in [-0.1, -0.05) is 54.5 Å². The molecule has 0 aromatic heterocycles. The fraction of sp³-hybridized carbons (Fsp3) is 0.758. The van der Waals surface area contributed by atoms with Gasteiger partial charge < -0.3 is 30.9 Å². The molecule has 45 heavy (non-hydrogen) atoms. The predicted molar refractivity (Wildman–Crippen MR) is 166 cm³/mol. The Hall–Kier alpha value is -3.44. The lowest BCUT2D eigenvalue weighted by Crippen LogP contribution is -2.61. The van der Waals surface area contributed by atoms with Gasteiger partial charge in [0, 0.05) is 13.1 Å². The van der Waals surface area contributed by atoms with Crippen LogP contribution in [-0.2, 0) is 28.7 Å². The van der Waals surface area contributed by atoms with Crippen molar-refractivity contribution in [3.63, 3.8) is 0 Å². The third-order valence-electron chi connectivity index (χ3n) is 9.86. The number of nitrogens with zero attached hydrogens (tertiary/aromatic N) is 1. The van der Waals surface area contributed by atoms with E-state index in [1.807, 2.05) is 48.5 Å². The SMILES string of the molecule is C=CCNC(=O)C(=O)CNC(=O)[C@@H]1[C@@H]2[C@H](CN1C(=O)[C@@H](NC(=O)N[C@H](C(=O)OC(C1CC1)C1CC1)C(C)C)C(C)(C)C)C2(C)C. The van der Waals surface area contributed by atoms with Gasteiger partial charge in [0.2, 0.25) is 17.6 Å². The lowest BCUT2D eigenvalue weighted by Gasteiger charge is -2.37. The Kier molecular flexibility index (Phi) is 10.0. The number of ether oxygens (including phenoxy) is 1. The summed E-state index contributed by atoms with van der Waals surface area (Å²) in [5, 5.41) is 10.5. The minimum absolute atomic E-state index is 0.0733. The summed E-state index contributed by atoms with van der Waals surface area (Å²) in [6, 6.07) is -3.44. The van der Waals surface area contributed by atoms with E-state index in [1.54, 1.807) is 0 Å². The largest absolute Gasteiger partial charge is 0.460 e. The Balaban J connectivity index is 1.43. The van der Waals surface area contributed by atoms with E-state index in [9.17, 15) is 28.8 Å². The highest BCUT2D eigenvalue weighted by Gasteiger charge is 2.69. The zero-order valence-corrected chi connectivity index (χ0v) is 27.7. The number of carbonyl (C=O) groups excluding carboxylic acids is 6. The van der Waals surface area contributed by atoms with Crippen molar-refractivity contribution in [2.24, 2.45) is 40.4 Å². The second kappa shape index (κ2) is 13.1. The molecule has 3 saturated carbocycles. The number of likely N-dealkylation sites (tertiary alicyclic amines) is 1. The summed E-state index contributed by atoms with van der Waals surface area (Å²) < 4.78 is 5.92. The van der Waals surface area contributed by atoms with Crippen LogP contribution in [0.4, 0.5) is 4.79 Å². The van der Waals surface area contributed by atoms with Gasteiger partial charge in [-0.2, -0.15) is 0 Å². The van der Waals surface area contributed by atoms with Gasteiger partial charge in [-0.05, 0) is 66.1 Å². The van der Waals surface area contributed by atoms with Crippen molar-refractivity contribution in [3.8, 4) is 0 Å². The topological polar surface area (TPSA) is 163 Å². The number of rotatable bonds is 14. The average molecular weight is 630 g/mol. The minimum atomic E-state index is -1.02. The van der Waals surface area contributed by atoms with Crippen LogP contribution in [0.25, 0.3) is 0 Å². The maximum absolute atomic E-state index is 14.1. The zero-order valence-electron chi connectivity index (χ0n) is 27.7. The molecule has 1 aliphatic heterocycles. The van der Waals surface area contributed by atoms with Crippen molar-refractivity contribution < 1.29 is 33.5 Å². The van der Waals surface area contributed by atoms with Crippen LogP contribution < -0.4 is 21.3 Å². The Labute approximate surface area is 266 Å². The summed E-state index contributed by atoms with van der Waals surface area (Å²) >= 11 is 0. The average Bonchev–Trinajstić information content (AvgIpc) is 3.90. The number of ketones is 1. The van der Waals surface area contributed by atoms with E-state index >= 15 is 0 Å². The molecule has 4 fully saturated rings. The summed E-state index contributed by atoms with van der Waals surface area (Å²) in [6.07, 6.45) is 5.56. The van der Waals surface area contributed by atoms with Crippen LogP contribution in [0.3, 0.4) is 0 Å². The lowest BCUT2D eigenvalue weighted by molar-refractivity contribution is -0.155. The van der Waals surface area contributed by atoms with Crippen molar-refractivity contribution in [2.75, 3.05) is 19.6 Å². The van der Waals surface area contributed by atoms with Crippen LogP contribution in [0, 0.1) is 40.4 Å². The van der Waals surface area contributed by atoms with Crippen LogP contribution in [0.1, 0.15) is 74.1 Å². The Morgan fingerprint density at radius 3 is 2.09 bits per heavy atom.